The van der Waals surface area contributed by atoms with Crippen LogP contribution in [0.2, 0.25) is 0 Å². The van der Waals surface area contributed by atoms with Gasteiger partial charge in [0, 0.05) is 26.7 Å². The van der Waals surface area contributed by atoms with Crippen molar-refractivity contribution in [1.29, 1.82) is 0 Å². The van der Waals surface area contributed by atoms with Crippen molar-refractivity contribution < 1.29 is 0 Å². The van der Waals surface area contributed by atoms with Crippen molar-refractivity contribution in [2.75, 3.05) is 0 Å². The van der Waals surface area contributed by atoms with Crippen molar-refractivity contribution in [3.63, 3.8) is 0 Å². The van der Waals surface area contributed by atoms with Crippen molar-refractivity contribution in [1.82, 2.24) is 9.97 Å². The first-order valence-corrected chi connectivity index (χ1v) is 13.2. The van der Waals surface area contributed by atoms with E-state index in [4.69, 9.17) is 0 Å². The molecule has 1 atom stereocenters. The summed E-state index contributed by atoms with van der Waals surface area (Å²) in [4.78, 5) is 12.0. The predicted octanol–water partition coefficient (Wildman–Crippen LogP) is 8.47. The third kappa shape index (κ3) is 4.91. The number of aromatic nitrogens is 2. The van der Waals surface area contributed by atoms with Crippen molar-refractivity contribution in [2.24, 2.45) is 11.8 Å². The smallest absolute Gasteiger partial charge is 0.169 e. The van der Waals surface area contributed by atoms with Crippen LogP contribution in [-0.2, 0) is 6.42 Å². The second-order valence-electron chi connectivity index (χ2n) is 8.86. The lowest BCUT2D eigenvalue weighted by Crippen LogP contribution is -2.18. The summed E-state index contributed by atoms with van der Waals surface area (Å²) in [6.07, 6.45) is 16.1. The van der Waals surface area contributed by atoms with Crippen LogP contribution in [0.4, 0.5) is 0 Å². The van der Waals surface area contributed by atoms with Gasteiger partial charge in [0.1, 0.15) is 0 Å². The number of thiophene rings is 2. The Balaban J connectivity index is 1.41. The molecule has 29 heavy (non-hydrogen) atoms. The lowest BCUT2D eigenvalue weighted by molar-refractivity contribution is 0.238. The van der Waals surface area contributed by atoms with Crippen LogP contribution in [0.5, 0.6) is 0 Å². The molecule has 1 aliphatic carbocycles. The molecule has 156 valence electrons. The van der Waals surface area contributed by atoms with E-state index in [1.807, 2.05) is 35.1 Å². The second kappa shape index (κ2) is 9.70. The van der Waals surface area contributed by atoms with E-state index in [9.17, 15) is 0 Å². The zero-order chi connectivity index (χ0) is 20.2. The normalized spacial score (nSPS) is 20.9. The summed E-state index contributed by atoms with van der Waals surface area (Å²) in [5, 5.41) is 0. The van der Waals surface area contributed by atoms with Crippen molar-refractivity contribution >= 4 is 32.1 Å². The van der Waals surface area contributed by atoms with Crippen LogP contribution in [-0.4, -0.2) is 9.97 Å². The van der Waals surface area contributed by atoms with Gasteiger partial charge in [-0.25, -0.2) is 9.97 Å². The molecule has 4 rings (SSSR count). The molecule has 4 heteroatoms. The molecule has 3 aromatic heterocycles. The Morgan fingerprint density at radius 2 is 1.69 bits per heavy atom. The molecular formula is C25H34N2S2. The van der Waals surface area contributed by atoms with E-state index < -0.39 is 0 Å². The fraction of sp³-hybridized carbons (Fsp3) is 0.600. The van der Waals surface area contributed by atoms with Crippen molar-refractivity contribution in [3.05, 3.63) is 35.0 Å². The first kappa shape index (κ1) is 21.0. The van der Waals surface area contributed by atoms with Gasteiger partial charge in [0.2, 0.25) is 0 Å². The first-order chi connectivity index (χ1) is 14.2. The summed E-state index contributed by atoms with van der Waals surface area (Å²) in [7, 11) is 0. The summed E-state index contributed by atoms with van der Waals surface area (Å²) in [6.45, 7) is 6.97. The van der Waals surface area contributed by atoms with Crippen LogP contribution in [0.3, 0.4) is 0 Å². The molecule has 0 saturated heterocycles. The monoisotopic (exact) mass is 426 g/mol. The SMILES string of the molecule is CCCCC1CCC(C(C)c2cc3sc(-c4ncc(CCC)cn4)cc3s2)CC1. The van der Waals surface area contributed by atoms with Crippen LogP contribution < -0.4 is 0 Å². The largest absolute Gasteiger partial charge is 0.236 e. The molecule has 0 spiro atoms. The first-order valence-electron chi connectivity index (χ1n) is 11.5. The molecule has 0 radical (unpaired) electrons. The maximum Gasteiger partial charge on any atom is 0.169 e. The number of hydrogen-bond acceptors (Lipinski definition) is 4. The average molecular weight is 427 g/mol. The van der Waals surface area contributed by atoms with E-state index in [1.54, 1.807) is 4.88 Å². The Labute approximate surface area is 183 Å². The van der Waals surface area contributed by atoms with Gasteiger partial charge >= 0.3 is 0 Å². The molecule has 3 aromatic rings. The summed E-state index contributed by atoms with van der Waals surface area (Å²) >= 11 is 3.84. The van der Waals surface area contributed by atoms with Crippen LogP contribution in [0.15, 0.2) is 24.5 Å². The molecule has 0 aliphatic heterocycles. The molecule has 2 nitrogen and oxygen atoms in total. The van der Waals surface area contributed by atoms with Gasteiger partial charge in [-0.15, -0.1) is 22.7 Å². The van der Waals surface area contributed by atoms with Gasteiger partial charge in [-0.3, -0.25) is 0 Å². The number of aryl methyl sites for hydroxylation is 1. The molecule has 1 unspecified atom stereocenters. The highest BCUT2D eigenvalue weighted by Gasteiger charge is 2.27. The molecule has 3 heterocycles. The fourth-order valence-electron chi connectivity index (χ4n) is 4.79. The minimum absolute atomic E-state index is 0.694. The Kier molecular flexibility index (Phi) is 7.02. The highest BCUT2D eigenvalue weighted by Crippen LogP contribution is 2.45. The Morgan fingerprint density at radius 3 is 2.34 bits per heavy atom. The Hall–Kier alpha value is -1.26. The summed E-state index contributed by atoms with van der Waals surface area (Å²) in [5.74, 6) is 3.43. The number of nitrogens with zero attached hydrogens (tertiary/aromatic N) is 2. The van der Waals surface area contributed by atoms with Crippen LogP contribution >= 0.6 is 22.7 Å². The molecule has 1 saturated carbocycles. The van der Waals surface area contributed by atoms with E-state index in [2.05, 4.69) is 42.9 Å². The molecule has 0 amide bonds. The molecular weight excluding hydrogens is 392 g/mol. The average Bonchev–Trinajstić information content (AvgIpc) is 3.32. The summed E-state index contributed by atoms with van der Waals surface area (Å²) in [6, 6.07) is 4.75. The fourth-order valence-corrected chi connectivity index (χ4v) is 7.29. The van der Waals surface area contributed by atoms with Gasteiger partial charge < -0.3 is 0 Å². The number of unbranched alkanes of at least 4 members (excludes halogenated alkanes) is 1. The summed E-state index contributed by atoms with van der Waals surface area (Å²) in [5.41, 5.74) is 1.23. The molecule has 0 bridgehead atoms. The highest BCUT2D eigenvalue weighted by molar-refractivity contribution is 7.29. The zero-order valence-electron chi connectivity index (χ0n) is 18.1. The number of fused-ring (bicyclic) bond motifs is 1. The molecule has 0 aromatic carbocycles. The quantitative estimate of drug-likeness (QED) is 0.361. The maximum absolute atomic E-state index is 4.61. The van der Waals surface area contributed by atoms with Gasteiger partial charge in [0.05, 0.1) is 4.88 Å². The lowest BCUT2D eigenvalue weighted by atomic mass is 9.74. The van der Waals surface area contributed by atoms with Crippen molar-refractivity contribution in [2.45, 2.75) is 84.5 Å². The van der Waals surface area contributed by atoms with Gasteiger partial charge in [-0.05, 0) is 54.7 Å². The van der Waals surface area contributed by atoms with E-state index in [0.717, 1.165) is 30.5 Å². The van der Waals surface area contributed by atoms with Crippen LogP contribution in [0.25, 0.3) is 20.1 Å². The molecule has 1 aliphatic rings. The van der Waals surface area contributed by atoms with Crippen LogP contribution in [0, 0.1) is 11.8 Å². The topological polar surface area (TPSA) is 25.8 Å². The molecule has 1 fully saturated rings. The van der Waals surface area contributed by atoms with Gasteiger partial charge in [-0.2, -0.15) is 0 Å². The second-order valence-corrected chi connectivity index (χ2v) is 11.1. The van der Waals surface area contributed by atoms with E-state index in [1.165, 1.54) is 64.8 Å². The number of hydrogen-bond donors (Lipinski definition) is 0. The standard InChI is InChI=1S/C25H34N2S2/c1-4-6-8-18-9-11-20(12-10-18)17(3)21-13-22-23(28-21)14-24(29-22)25-26-15-19(7-5-2)16-27-25/h13-18,20H,4-12H2,1-3H3. The predicted molar refractivity (Wildman–Crippen MR) is 128 cm³/mol. The number of rotatable bonds is 8. The van der Waals surface area contributed by atoms with Gasteiger partial charge in [-0.1, -0.05) is 59.3 Å². The third-order valence-corrected chi connectivity index (χ3v) is 9.19. The van der Waals surface area contributed by atoms with E-state index >= 15 is 0 Å². The minimum atomic E-state index is 0.694. The Morgan fingerprint density at radius 1 is 0.966 bits per heavy atom. The van der Waals surface area contributed by atoms with E-state index in [0.29, 0.717) is 5.92 Å². The van der Waals surface area contributed by atoms with Gasteiger partial charge in [0.15, 0.2) is 5.82 Å². The third-order valence-electron chi connectivity index (χ3n) is 6.70. The summed E-state index contributed by atoms with van der Waals surface area (Å²) < 4.78 is 2.81. The zero-order valence-corrected chi connectivity index (χ0v) is 19.7. The highest BCUT2D eigenvalue weighted by atomic mass is 32.1. The minimum Gasteiger partial charge on any atom is -0.236 e. The lowest BCUT2D eigenvalue weighted by Gasteiger charge is -2.32. The van der Waals surface area contributed by atoms with E-state index in [-0.39, 0.29) is 0 Å². The Bertz CT molecular complexity index is 869. The maximum atomic E-state index is 4.61. The van der Waals surface area contributed by atoms with Gasteiger partial charge in [0.25, 0.3) is 0 Å². The van der Waals surface area contributed by atoms with Crippen LogP contribution in [0.1, 0.15) is 88.5 Å². The van der Waals surface area contributed by atoms with Crippen molar-refractivity contribution in [3.8, 4) is 10.7 Å². The molecule has 0 N–H and O–H groups in total.